The van der Waals surface area contributed by atoms with E-state index in [1.807, 2.05) is 11.0 Å². The second-order valence-electron chi connectivity index (χ2n) is 8.25. The van der Waals surface area contributed by atoms with Crippen LogP contribution in [0.5, 0.6) is 0 Å². The van der Waals surface area contributed by atoms with Crippen molar-refractivity contribution in [2.45, 2.75) is 69.2 Å². The normalized spacial score (nSPS) is 19.5. The van der Waals surface area contributed by atoms with Crippen molar-refractivity contribution in [3.8, 4) is 0 Å². The van der Waals surface area contributed by atoms with Gasteiger partial charge in [-0.05, 0) is 86.7 Å². The average Bonchev–Trinajstić information content (AvgIpc) is 3.22. The van der Waals surface area contributed by atoms with Gasteiger partial charge in [0.1, 0.15) is 0 Å². The number of halogens is 2. The van der Waals surface area contributed by atoms with Crippen molar-refractivity contribution in [3.05, 3.63) is 62.5 Å². The molecule has 2 aromatic rings. The minimum Gasteiger partial charge on any atom is -0.302 e. The number of hydrogen-bond acceptors (Lipinski definition) is 1. The molecule has 0 unspecified atom stereocenters. The number of hydrogen-bond donors (Lipinski definition) is 0. The first kappa shape index (κ1) is 20.2. The van der Waals surface area contributed by atoms with Crippen LogP contribution < -0.4 is 4.90 Å². The fourth-order valence-electron chi connectivity index (χ4n) is 5.23. The molecule has 28 heavy (non-hydrogen) atoms. The molecule has 2 saturated carbocycles. The van der Waals surface area contributed by atoms with Gasteiger partial charge in [-0.3, -0.25) is 4.79 Å². The summed E-state index contributed by atoms with van der Waals surface area (Å²) in [7, 11) is 0. The minimum atomic E-state index is -0.263. The van der Waals surface area contributed by atoms with Crippen LogP contribution in [0.2, 0.25) is 0 Å². The van der Waals surface area contributed by atoms with E-state index < -0.39 is 0 Å². The van der Waals surface area contributed by atoms with Crippen LogP contribution in [0.25, 0.3) is 0 Å². The molecule has 0 N–H and O–H groups in total. The molecule has 2 aliphatic carbocycles. The zero-order valence-electron chi connectivity index (χ0n) is 16.2. The minimum absolute atomic E-state index is 0.263. The SMILES string of the molecule is O=CN(c1c(Br)cc(C2CCCCC2)cc1Br)C1(c2ccccc2)CCCC1. The van der Waals surface area contributed by atoms with Gasteiger partial charge in [0, 0.05) is 8.95 Å². The smallest absolute Gasteiger partial charge is 0.215 e. The van der Waals surface area contributed by atoms with Crippen molar-refractivity contribution >= 4 is 44.0 Å². The number of carbonyl (C=O) groups is 1. The first-order chi connectivity index (χ1) is 13.7. The Labute approximate surface area is 185 Å². The number of anilines is 1. The maximum absolute atomic E-state index is 12.4. The van der Waals surface area contributed by atoms with Gasteiger partial charge in [0.2, 0.25) is 6.41 Å². The lowest BCUT2D eigenvalue weighted by Crippen LogP contribution is -2.44. The summed E-state index contributed by atoms with van der Waals surface area (Å²) in [5.41, 5.74) is 3.31. The Morgan fingerprint density at radius 1 is 0.893 bits per heavy atom. The van der Waals surface area contributed by atoms with E-state index in [0.717, 1.165) is 46.7 Å². The van der Waals surface area contributed by atoms with Gasteiger partial charge in [-0.15, -0.1) is 0 Å². The second kappa shape index (κ2) is 8.71. The van der Waals surface area contributed by atoms with E-state index in [1.165, 1.54) is 43.2 Å². The third kappa shape index (κ3) is 3.70. The highest BCUT2D eigenvalue weighted by atomic mass is 79.9. The molecule has 0 aliphatic heterocycles. The summed E-state index contributed by atoms with van der Waals surface area (Å²) in [4.78, 5) is 14.4. The first-order valence-electron chi connectivity index (χ1n) is 10.4. The number of benzene rings is 2. The molecule has 148 valence electrons. The molecule has 0 radical (unpaired) electrons. The van der Waals surface area contributed by atoms with Crippen LogP contribution in [0.15, 0.2) is 51.4 Å². The molecular weight excluding hydrogens is 478 g/mol. The molecule has 0 heterocycles. The van der Waals surface area contributed by atoms with Gasteiger partial charge in [0.05, 0.1) is 11.2 Å². The summed E-state index contributed by atoms with van der Waals surface area (Å²) >= 11 is 7.64. The van der Waals surface area contributed by atoms with Gasteiger partial charge in [-0.25, -0.2) is 0 Å². The Bertz CT molecular complexity index is 801. The molecular formula is C24H27Br2NO. The molecule has 2 aliphatic rings. The molecule has 2 fully saturated rings. The van der Waals surface area contributed by atoms with Crippen LogP contribution in [-0.4, -0.2) is 6.41 Å². The molecule has 2 aromatic carbocycles. The summed E-state index contributed by atoms with van der Waals surface area (Å²) in [6, 6.07) is 15.0. The second-order valence-corrected chi connectivity index (χ2v) is 9.96. The Morgan fingerprint density at radius 3 is 2.07 bits per heavy atom. The van der Waals surface area contributed by atoms with E-state index in [2.05, 4.69) is 68.3 Å². The Balaban J connectivity index is 1.76. The highest BCUT2D eigenvalue weighted by Gasteiger charge is 2.42. The van der Waals surface area contributed by atoms with Crippen molar-refractivity contribution in [2.75, 3.05) is 4.90 Å². The van der Waals surface area contributed by atoms with Crippen LogP contribution in [-0.2, 0) is 10.3 Å². The number of carbonyl (C=O) groups excluding carboxylic acids is 1. The van der Waals surface area contributed by atoms with Gasteiger partial charge in [-0.2, -0.15) is 0 Å². The zero-order chi connectivity index (χ0) is 19.6. The predicted molar refractivity (Wildman–Crippen MR) is 123 cm³/mol. The largest absolute Gasteiger partial charge is 0.302 e. The monoisotopic (exact) mass is 503 g/mol. The van der Waals surface area contributed by atoms with Crippen molar-refractivity contribution < 1.29 is 4.79 Å². The van der Waals surface area contributed by atoms with Crippen LogP contribution in [0.4, 0.5) is 5.69 Å². The van der Waals surface area contributed by atoms with Gasteiger partial charge in [-0.1, -0.05) is 62.4 Å². The van der Waals surface area contributed by atoms with E-state index in [0.29, 0.717) is 5.92 Å². The number of amides is 1. The van der Waals surface area contributed by atoms with Crippen molar-refractivity contribution in [1.29, 1.82) is 0 Å². The molecule has 0 spiro atoms. The maximum Gasteiger partial charge on any atom is 0.215 e. The van der Waals surface area contributed by atoms with Crippen LogP contribution >= 0.6 is 31.9 Å². The van der Waals surface area contributed by atoms with Crippen molar-refractivity contribution in [2.24, 2.45) is 0 Å². The molecule has 4 heteroatoms. The van der Waals surface area contributed by atoms with E-state index in [1.54, 1.807) is 0 Å². The zero-order valence-corrected chi connectivity index (χ0v) is 19.3. The Hall–Kier alpha value is -1.13. The lowest BCUT2D eigenvalue weighted by molar-refractivity contribution is -0.108. The molecule has 0 saturated heterocycles. The highest BCUT2D eigenvalue weighted by Crippen LogP contribution is 2.49. The van der Waals surface area contributed by atoms with E-state index in [4.69, 9.17) is 0 Å². The molecule has 0 aromatic heterocycles. The fraction of sp³-hybridized carbons (Fsp3) is 0.458. The molecule has 2 nitrogen and oxygen atoms in total. The van der Waals surface area contributed by atoms with E-state index >= 15 is 0 Å². The first-order valence-corrected chi connectivity index (χ1v) is 12.0. The standard InChI is InChI=1S/C24H27Br2NO/c25-21-15-19(18-9-3-1-4-10-18)16-22(26)23(21)27(17-28)24(13-7-8-14-24)20-11-5-2-6-12-20/h2,5-6,11-12,15-18H,1,3-4,7-10,13-14H2. The highest BCUT2D eigenvalue weighted by molar-refractivity contribution is 9.11. The topological polar surface area (TPSA) is 20.3 Å². The lowest BCUT2D eigenvalue weighted by atomic mass is 9.83. The summed E-state index contributed by atoms with van der Waals surface area (Å²) < 4.78 is 2.02. The predicted octanol–water partition coefficient (Wildman–Crippen LogP) is 7.69. The van der Waals surface area contributed by atoms with E-state index in [-0.39, 0.29) is 5.54 Å². The summed E-state index contributed by atoms with van der Waals surface area (Å²) in [6.45, 7) is 0. The van der Waals surface area contributed by atoms with Gasteiger partial charge in [0.15, 0.2) is 0 Å². The third-order valence-electron chi connectivity index (χ3n) is 6.67. The molecule has 0 bridgehead atoms. The van der Waals surface area contributed by atoms with Crippen LogP contribution in [0, 0.1) is 0 Å². The third-order valence-corrected chi connectivity index (χ3v) is 7.87. The number of nitrogens with zero attached hydrogens (tertiary/aromatic N) is 1. The molecule has 4 rings (SSSR count). The van der Waals surface area contributed by atoms with Crippen molar-refractivity contribution in [1.82, 2.24) is 0 Å². The number of rotatable bonds is 5. The van der Waals surface area contributed by atoms with Gasteiger partial charge in [0.25, 0.3) is 0 Å². The van der Waals surface area contributed by atoms with Crippen molar-refractivity contribution in [3.63, 3.8) is 0 Å². The Kier molecular flexibility index (Phi) is 6.27. The quantitative estimate of drug-likeness (QED) is 0.382. The van der Waals surface area contributed by atoms with Crippen LogP contribution in [0.1, 0.15) is 74.8 Å². The van der Waals surface area contributed by atoms with Gasteiger partial charge < -0.3 is 4.90 Å². The maximum atomic E-state index is 12.4. The lowest BCUT2D eigenvalue weighted by Gasteiger charge is -2.40. The van der Waals surface area contributed by atoms with Crippen LogP contribution in [0.3, 0.4) is 0 Å². The molecule has 0 atom stereocenters. The average molecular weight is 505 g/mol. The summed E-state index contributed by atoms with van der Waals surface area (Å²) in [5, 5.41) is 0. The summed E-state index contributed by atoms with van der Waals surface area (Å²) in [5.74, 6) is 0.634. The van der Waals surface area contributed by atoms with E-state index in [9.17, 15) is 4.79 Å². The van der Waals surface area contributed by atoms with Gasteiger partial charge >= 0.3 is 0 Å². The fourth-order valence-corrected chi connectivity index (χ4v) is 6.84. The molecule has 1 amide bonds. The summed E-state index contributed by atoms with van der Waals surface area (Å²) in [6.07, 6.45) is 11.9. The Morgan fingerprint density at radius 2 is 1.50 bits per heavy atom.